The van der Waals surface area contributed by atoms with Crippen molar-refractivity contribution in [2.45, 2.75) is 20.4 Å². The van der Waals surface area contributed by atoms with Crippen molar-refractivity contribution in [2.24, 2.45) is 0 Å². The van der Waals surface area contributed by atoms with Gasteiger partial charge in [-0.05, 0) is 31.5 Å². The van der Waals surface area contributed by atoms with Crippen molar-refractivity contribution in [1.29, 1.82) is 0 Å². The van der Waals surface area contributed by atoms with Gasteiger partial charge in [-0.25, -0.2) is 4.98 Å². The monoisotopic (exact) mass is 315 g/mol. The molecule has 0 aliphatic carbocycles. The van der Waals surface area contributed by atoms with Crippen LogP contribution in [0.25, 0.3) is 11.1 Å². The van der Waals surface area contributed by atoms with Crippen molar-refractivity contribution in [3.05, 3.63) is 57.9 Å². The van der Waals surface area contributed by atoms with Gasteiger partial charge in [0.1, 0.15) is 0 Å². The molecule has 2 aromatic heterocycles. The highest BCUT2D eigenvalue weighted by Gasteiger charge is 2.17. The smallest absolute Gasteiger partial charge is 0.258 e. The third-order valence-electron chi connectivity index (χ3n) is 3.39. The van der Waals surface area contributed by atoms with Crippen LogP contribution in [-0.4, -0.2) is 16.0 Å². The molecule has 1 amide bonds. The summed E-state index contributed by atoms with van der Waals surface area (Å²) in [6, 6.07) is 9.13. The quantitative estimate of drug-likeness (QED) is 0.804. The maximum Gasteiger partial charge on any atom is 0.258 e. The van der Waals surface area contributed by atoms with Gasteiger partial charge in [-0.3, -0.25) is 4.79 Å². The lowest BCUT2D eigenvalue weighted by Crippen LogP contribution is -2.23. The van der Waals surface area contributed by atoms with Crippen LogP contribution in [0.5, 0.6) is 0 Å². The number of hydrogen-bond donors (Lipinski definition) is 1. The van der Waals surface area contributed by atoms with Gasteiger partial charge in [-0.15, -0.1) is 0 Å². The van der Waals surface area contributed by atoms with Gasteiger partial charge in [0.15, 0.2) is 0 Å². The molecule has 6 heteroatoms. The minimum absolute atomic E-state index is 0.207. The first kappa shape index (κ1) is 14.5. The van der Waals surface area contributed by atoms with Gasteiger partial charge in [0.05, 0.1) is 16.6 Å². The second kappa shape index (κ2) is 5.77. The van der Waals surface area contributed by atoms with Crippen LogP contribution >= 0.6 is 11.6 Å². The fourth-order valence-electron chi connectivity index (χ4n) is 2.31. The molecule has 0 saturated heterocycles. The number of carbonyl (C=O) groups excluding carboxylic acids is 1. The Morgan fingerprint density at radius 1 is 1.32 bits per heavy atom. The Labute approximate surface area is 132 Å². The van der Waals surface area contributed by atoms with E-state index in [0.717, 1.165) is 5.56 Å². The number of benzene rings is 1. The van der Waals surface area contributed by atoms with Gasteiger partial charge in [0.2, 0.25) is 0 Å². The third-order valence-corrected chi connectivity index (χ3v) is 3.76. The molecule has 0 radical (unpaired) electrons. The number of halogens is 1. The number of amides is 1. The second-order valence-corrected chi connectivity index (χ2v) is 5.44. The average molecular weight is 316 g/mol. The van der Waals surface area contributed by atoms with E-state index in [4.69, 9.17) is 16.1 Å². The fraction of sp³-hybridized carbons (Fsp3) is 0.188. The molecule has 5 nitrogen and oxygen atoms in total. The molecule has 112 valence electrons. The number of hydrogen-bond acceptors (Lipinski definition) is 4. The van der Waals surface area contributed by atoms with E-state index in [2.05, 4.69) is 15.5 Å². The van der Waals surface area contributed by atoms with Gasteiger partial charge in [-0.1, -0.05) is 35.0 Å². The van der Waals surface area contributed by atoms with E-state index in [1.807, 2.05) is 25.1 Å². The van der Waals surface area contributed by atoms with Gasteiger partial charge in [-0.2, -0.15) is 0 Å². The van der Waals surface area contributed by atoms with Crippen LogP contribution in [0.1, 0.15) is 27.3 Å². The molecule has 3 aromatic rings. The first-order valence-electron chi connectivity index (χ1n) is 6.81. The molecule has 0 unspecified atom stereocenters. The van der Waals surface area contributed by atoms with E-state index in [1.54, 1.807) is 19.1 Å². The first-order chi connectivity index (χ1) is 10.6. The number of pyridine rings is 1. The molecule has 22 heavy (non-hydrogen) atoms. The molecule has 2 heterocycles. The molecule has 0 aliphatic rings. The second-order valence-electron chi connectivity index (χ2n) is 5.03. The van der Waals surface area contributed by atoms with Crippen LogP contribution in [0.2, 0.25) is 5.02 Å². The molecule has 0 fully saturated rings. The average Bonchev–Trinajstić information content (AvgIpc) is 2.86. The Morgan fingerprint density at radius 2 is 2.09 bits per heavy atom. The van der Waals surface area contributed by atoms with Gasteiger partial charge >= 0.3 is 0 Å². The zero-order valence-electron chi connectivity index (χ0n) is 12.2. The van der Waals surface area contributed by atoms with Crippen molar-refractivity contribution in [3.63, 3.8) is 0 Å². The van der Waals surface area contributed by atoms with E-state index < -0.39 is 0 Å². The summed E-state index contributed by atoms with van der Waals surface area (Å²) in [5, 5.41) is 8.01. The molecule has 3 rings (SSSR count). The van der Waals surface area contributed by atoms with E-state index in [0.29, 0.717) is 39.6 Å². The molecular weight excluding hydrogens is 302 g/mol. The summed E-state index contributed by atoms with van der Waals surface area (Å²) in [5.74, 6) is -0.207. The zero-order chi connectivity index (χ0) is 15.7. The normalized spacial score (nSPS) is 10.9. The Kier molecular flexibility index (Phi) is 3.81. The van der Waals surface area contributed by atoms with Crippen LogP contribution < -0.4 is 5.32 Å². The van der Waals surface area contributed by atoms with Crippen molar-refractivity contribution < 1.29 is 9.32 Å². The standard InChI is InChI=1S/C16H14ClN3O2/c1-9-7-12(14-10(2)20-22-16(14)19-9)15(21)18-8-11-5-3-4-6-13(11)17/h3-7H,8H2,1-2H3,(H,18,21). The van der Waals surface area contributed by atoms with Crippen molar-refractivity contribution in [3.8, 4) is 0 Å². The predicted molar refractivity (Wildman–Crippen MR) is 83.9 cm³/mol. The highest BCUT2D eigenvalue weighted by atomic mass is 35.5. The van der Waals surface area contributed by atoms with Gasteiger partial charge in [0.25, 0.3) is 11.6 Å². The lowest BCUT2D eigenvalue weighted by molar-refractivity contribution is 0.0952. The lowest BCUT2D eigenvalue weighted by atomic mass is 10.1. The van der Waals surface area contributed by atoms with Crippen LogP contribution in [0.3, 0.4) is 0 Å². The van der Waals surface area contributed by atoms with Crippen molar-refractivity contribution in [2.75, 3.05) is 0 Å². The van der Waals surface area contributed by atoms with E-state index in [1.165, 1.54) is 0 Å². The molecule has 0 spiro atoms. The SMILES string of the molecule is Cc1cc(C(=O)NCc2ccccc2Cl)c2c(C)noc2n1. The van der Waals surface area contributed by atoms with Crippen LogP contribution in [0, 0.1) is 13.8 Å². The van der Waals surface area contributed by atoms with Crippen LogP contribution in [0.4, 0.5) is 0 Å². The maximum atomic E-state index is 12.5. The molecular formula is C16H14ClN3O2. The molecule has 0 atom stereocenters. The van der Waals surface area contributed by atoms with Gasteiger partial charge < -0.3 is 9.84 Å². The summed E-state index contributed by atoms with van der Waals surface area (Å²) in [4.78, 5) is 16.7. The number of fused-ring (bicyclic) bond motifs is 1. The summed E-state index contributed by atoms with van der Waals surface area (Å²) in [7, 11) is 0. The molecule has 1 N–H and O–H groups in total. The lowest BCUT2D eigenvalue weighted by Gasteiger charge is -2.08. The number of aromatic nitrogens is 2. The number of carbonyl (C=O) groups is 1. The predicted octanol–water partition coefficient (Wildman–Crippen LogP) is 3.42. The highest BCUT2D eigenvalue weighted by Crippen LogP contribution is 2.22. The maximum absolute atomic E-state index is 12.5. The Hall–Kier alpha value is -2.40. The zero-order valence-corrected chi connectivity index (χ0v) is 12.9. The molecule has 0 bridgehead atoms. The number of nitrogens with zero attached hydrogens (tertiary/aromatic N) is 2. The van der Waals surface area contributed by atoms with Gasteiger partial charge in [0, 0.05) is 17.3 Å². The highest BCUT2D eigenvalue weighted by molar-refractivity contribution is 6.31. The van der Waals surface area contributed by atoms with E-state index in [9.17, 15) is 4.79 Å². The largest absolute Gasteiger partial charge is 0.348 e. The Morgan fingerprint density at radius 3 is 2.86 bits per heavy atom. The molecule has 0 aliphatic heterocycles. The Bertz CT molecular complexity index is 858. The van der Waals surface area contributed by atoms with Crippen LogP contribution in [-0.2, 0) is 6.54 Å². The summed E-state index contributed by atoms with van der Waals surface area (Å²) in [6.07, 6.45) is 0. The molecule has 0 saturated carbocycles. The summed E-state index contributed by atoms with van der Waals surface area (Å²) in [5.41, 5.74) is 3.09. The minimum Gasteiger partial charge on any atom is -0.348 e. The summed E-state index contributed by atoms with van der Waals surface area (Å²) in [6.45, 7) is 3.95. The fourth-order valence-corrected chi connectivity index (χ4v) is 2.51. The van der Waals surface area contributed by atoms with Crippen molar-refractivity contribution >= 4 is 28.6 Å². The van der Waals surface area contributed by atoms with Crippen molar-refractivity contribution in [1.82, 2.24) is 15.5 Å². The Balaban J connectivity index is 1.89. The number of nitrogens with one attached hydrogen (secondary N) is 1. The summed E-state index contributed by atoms with van der Waals surface area (Å²) >= 11 is 6.10. The topological polar surface area (TPSA) is 68.0 Å². The van der Waals surface area contributed by atoms with Crippen LogP contribution in [0.15, 0.2) is 34.9 Å². The number of aryl methyl sites for hydroxylation is 2. The number of rotatable bonds is 3. The minimum atomic E-state index is -0.207. The van der Waals surface area contributed by atoms with E-state index in [-0.39, 0.29) is 5.91 Å². The summed E-state index contributed by atoms with van der Waals surface area (Å²) < 4.78 is 5.14. The van der Waals surface area contributed by atoms with E-state index >= 15 is 0 Å². The molecule has 1 aromatic carbocycles. The third kappa shape index (κ3) is 2.67. The first-order valence-corrected chi connectivity index (χ1v) is 7.19.